The minimum atomic E-state index is -4.43. The lowest BCUT2D eigenvalue weighted by Crippen LogP contribution is -2.10. The molecule has 0 unspecified atom stereocenters. The van der Waals surface area contributed by atoms with Gasteiger partial charge in [0.2, 0.25) is 0 Å². The molecule has 0 radical (unpaired) electrons. The summed E-state index contributed by atoms with van der Waals surface area (Å²) in [5.74, 6) is -0.233. The Bertz CT molecular complexity index is 1360. The summed E-state index contributed by atoms with van der Waals surface area (Å²) in [6.07, 6.45) is -0.355. The number of anilines is 2. The lowest BCUT2D eigenvalue weighted by atomic mass is 9.94. The van der Waals surface area contributed by atoms with Gasteiger partial charge in [0.25, 0.3) is 0 Å². The molecule has 4 aromatic rings. The number of hydrogen-bond acceptors (Lipinski definition) is 4. The second-order valence-corrected chi connectivity index (χ2v) is 9.47. The number of fused-ring (bicyclic) bond motifs is 1. The monoisotopic (exact) mass is 484 g/mol. The molecular weight excluding hydrogens is 464 g/mol. The summed E-state index contributed by atoms with van der Waals surface area (Å²) in [7, 11) is 0. The van der Waals surface area contributed by atoms with E-state index in [1.54, 1.807) is 24.3 Å². The van der Waals surface area contributed by atoms with E-state index in [4.69, 9.17) is 0 Å². The van der Waals surface area contributed by atoms with Crippen molar-refractivity contribution in [2.24, 2.45) is 5.92 Å². The summed E-state index contributed by atoms with van der Waals surface area (Å²) in [6.45, 7) is 0. The molecule has 0 atom stereocenters. The van der Waals surface area contributed by atoms with E-state index in [1.165, 1.54) is 12.1 Å². The summed E-state index contributed by atoms with van der Waals surface area (Å²) in [5, 5.41) is 3.16. The van der Waals surface area contributed by atoms with Crippen molar-refractivity contribution in [3.63, 3.8) is 0 Å². The summed E-state index contributed by atoms with van der Waals surface area (Å²) in [5.41, 5.74) is 1.95. The number of benzene rings is 3. The highest BCUT2D eigenvalue weighted by atomic mass is 32.1. The fraction of sp³-hybridized carbons (Fsp3) is 0.231. The van der Waals surface area contributed by atoms with Gasteiger partial charge in [-0.05, 0) is 54.3 Å². The third-order valence-corrected chi connectivity index (χ3v) is 7.09. The Balaban J connectivity index is 1.33. The highest BCUT2D eigenvalue weighted by Crippen LogP contribution is 2.36. The molecule has 3 nitrogen and oxygen atoms in total. The van der Waals surface area contributed by atoms with Crippen LogP contribution in [0.4, 0.5) is 28.4 Å². The van der Waals surface area contributed by atoms with Crippen molar-refractivity contribution in [3.8, 4) is 11.1 Å². The Morgan fingerprint density at radius 1 is 0.941 bits per heavy atom. The molecule has 1 N–H and O–H groups in total. The maximum Gasteiger partial charge on any atom is 0.416 e. The first-order valence-corrected chi connectivity index (χ1v) is 11.8. The fourth-order valence-electron chi connectivity index (χ4n) is 4.32. The molecule has 0 saturated heterocycles. The van der Waals surface area contributed by atoms with Gasteiger partial charge in [0, 0.05) is 11.5 Å². The number of alkyl halides is 3. The third-order valence-electron chi connectivity index (χ3n) is 6.16. The van der Waals surface area contributed by atoms with Crippen LogP contribution in [0, 0.1) is 11.7 Å². The second-order valence-electron chi connectivity index (χ2n) is 8.44. The Kier molecular flexibility index (Phi) is 5.85. The number of nitrogens with one attached hydrogen (secondary N) is 1. The molecule has 0 spiro atoms. The Morgan fingerprint density at radius 3 is 2.32 bits per heavy atom. The zero-order chi connectivity index (χ0) is 23.9. The van der Waals surface area contributed by atoms with Crippen LogP contribution in [0.5, 0.6) is 0 Å². The number of rotatable bonds is 5. The van der Waals surface area contributed by atoms with Crippen LogP contribution in [-0.2, 0) is 6.18 Å². The molecular formula is C26H20F4N2OS. The van der Waals surface area contributed by atoms with Gasteiger partial charge in [-0.3, -0.25) is 4.79 Å². The van der Waals surface area contributed by atoms with Gasteiger partial charge in [0.1, 0.15) is 5.82 Å². The molecule has 1 heterocycles. The van der Waals surface area contributed by atoms with E-state index >= 15 is 0 Å². The predicted octanol–water partition coefficient (Wildman–Crippen LogP) is 8.24. The Morgan fingerprint density at radius 2 is 1.65 bits per heavy atom. The SMILES string of the molecule is O=C(c1ccc(-c2ccc(Nc3nc4ccc(C(F)(F)F)cc4s3)c(F)c2)cc1)C1CCCC1. The normalized spacial score (nSPS) is 14.6. The fourth-order valence-corrected chi connectivity index (χ4v) is 5.23. The number of nitrogens with zero attached hydrogens (tertiary/aromatic N) is 1. The topological polar surface area (TPSA) is 42.0 Å². The molecule has 1 fully saturated rings. The van der Waals surface area contributed by atoms with E-state index in [0.29, 0.717) is 26.5 Å². The van der Waals surface area contributed by atoms with Crippen LogP contribution in [0.2, 0.25) is 0 Å². The first-order chi connectivity index (χ1) is 16.3. The van der Waals surface area contributed by atoms with Gasteiger partial charge < -0.3 is 5.32 Å². The first-order valence-electron chi connectivity index (χ1n) is 11.0. The van der Waals surface area contributed by atoms with Crippen molar-refractivity contribution in [3.05, 3.63) is 77.6 Å². The van der Waals surface area contributed by atoms with Crippen LogP contribution in [0.1, 0.15) is 41.6 Å². The van der Waals surface area contributed by atoms with E-state index in [0.717, 1.165) is 54.7 Å². The average molecular weight is 485 g/mol. The van der Waals surface area contributed by atoms with Crippen molar-refractivity contribution in [1.82, 2.24) is 4.98 Å². The second kappa shape index (κ2) is 8.83. The molecule has 1 aliphatic rings. The molecule has 1 aromatic heterocycles. The molecule has 3 aromatic carbocycles. The lowest BCUT2D eigenvalue weighted by molar-refractivity contribution is -0.137. The molecule has 1 saturated carbocycles. The third kappa shape index (κ3) is 4.55. The van der Waals surface area contributed by atoms with E-state index in [2.05, 4.69) is 10.3 Å². The summed E-state index contributed by atoms with van der Waals surface area (Å²) in [6, 6.07) is 15.2. The van der Waals surface area contributed by atoms with Crippen LogP contribution in [0.3, 0.4) is 0 Å². The van der Waals surface area contributed by atoms with Crippen LogP contribution < -0.4 is 5.32 Å². The molecule has 5 rings (SSSR count). The maximum absolute atomic E-state index is 14.8. The zero-order valence-corrected chi connectivity index (χ0v) is 18.8. The van der Waals surface area contributed by atoms with Crippen LogP contribution in [0.25, 0.3) is 21.3 Å². The molecule has 34 heavy (non-hydrogen) atoms. The molecule has 8 heteroatoms. The van der Waals surface area contributed by atoms with Gasteiger partial charge in [0.15, 0.2) is 10.9 Å². The molecule has 0 bridgehead atoms. The van der Waals surface area contributed by atoms with Gasteiger partial charge >= 0.3 is 6.18 Å². The van der Waals surface area contributed by atoms with Crippen LogP contribution in [0.15, 0.2) is 60.7 Å². The number of hydrogen-bond donors (Lipinski definition) is 1. The largest absolute Gasteiger partial charge is 0.416 e. The molecule has 1 aliphatic carbocycles. The van der Waals surface area contributed by atoms with Gasteiger partial charge in [0.05, 0.1) is 21.5 Å². The van der Waals surface area contributed by atoms with Crippen molar-refractivity contribution in [1.29, 1.82) is 0 Å². The minimum Gasteiger partial charge on any atom is -0.329 e. The van der Waals surface area contributed by atoms with Gasteiger partial charge in [-0.15, -0.1) is 0 Å². The van der Waals surface area contributed by atoms with E-state index in [1.807, 2.05) is 12.1 Å². The molecule has 0 aliphatic heterocycles. The van der Waals surface area contributed by atoms with Crippen LogP contribution in [-0.4, -0.2) is 10.8 Å². The van der Waals surface area contributed by atoms with Crippen molar-refractivity contribution >= 4 is 38.2 Å². The number of aromatic nitrogens is 1. The van der Waals surface area contributed by atoms with Crippen LogP contribution >= 0.6 is 11.3 Å². The maximum atomic E-state index is 14.8. The Hall–Kier alpha value is -3.26. The van der Waals surface area contributed by atoms with E-state index < -0.39 is 17.6 Å². The number of ketones is 1. The molecule has 0 amide bonds. The Labute approximate surface area is 197 Å². The van der Waals surface area contributed by atoms with Gasteiger partial charge in [-0.25, -0.2) is 9.37 Å². The lowest BCUT2D eigenvalue weighted by Gasteiger charge is -2.10. The standard InChI is InChI=1S/C26H20F4N2OS/c27-20-13-18(15-5-7-17(8-6-15)24(33)16-3-1-2-4-16)9-11-21(20)31-25-32-22-12-10-19(26(28,29)30)14-23(22)34-25/h5-14,16H,1-4H2,(H,31,32). The highest BCUT2D eigenvalue weighted by Gasteiger charge is 2.30. The van der Waals surface area contributed by atoms with E-state index in [-0.39, 0.29) is 17.4 Å². The van der Waals surface area contributed by atoms with E-state index in [9.17, 15) is 22.4 Å². The number of halogens is 4. The summed E-state index contributed by atoms with van der Waals surface area (Å²) in [4.78, 5) is 16.8. The predicted molar refractivity (Wildman–Crippen MR) is 126 cm³/mol. The summed E-state index contributed by atoms with van der Waals surface area (Å²) < 4.78 is 54.0. The minimum absolute atomic E-state index is 0.108. The number of carbonyl (C=O) groups is 1. The number of carbonyl (C=O) groups excluding carboxylic acids is 1. The van der Waals surface area contributed by atoms with Crippen molar-refractivity contribution in [2.45, 2.75) is 31.9 Å². The average Bonchev–Trinajstić information content (AvgIpc) is 3.49. The van der Waals surface area contributed by atoms with Crippen molar-refractivity contribution < 1.29 is 22.4 Å². The first kappa shape index (κ1) is 22.5. The molecule has 174 valence electrons. The number of Topliss-reactive ketones (excluding diaryl/α,β-unsaturated/α-hetero) is 1. The highest BCUT2D eigenvalue weighted by molar-refractivity contribution is 7.22. The van der Waals surface area contributed by atoms with Gasteiger partial charge in [-0.2, -0.15) is 13.2 Å². The summed E-state index contributed by atoms with van der Waals surface area (Å²) >= 11 is 1.03. The quantitative estimate of drug-likeness (QED) is 0.229. The smallest absolute Gasteiger partial charge is 0.329 e. The van der Waals surface area contributed by atoms with Crippen molar-refractivity contribution in [2.75, 3.05) is 5.32 Å². The number of thiazole rings is 1. The zero-order valence-electron chi connectivity index (χ0n) is 18.0. The van der Waals surface area contributed by atoms with Gasteiger partial charge in [-0.1, -0.05) is 54.5 Å².